The Hall–Kier alpha value is -1.91. The van der Waals surface area contributed by atoms with E-state index in [1.807, 2.05) is 0 Å². The predicted octanol–water partition coefficient (Wildman–Crippen LogP) is 1.07. The van der Waals surface area contributed by atoms with E-state index in [4.69, 9.17) is 5.41 Å². The first-order chi connectivity index (χ1) is 6.57. The van der Waals surface area contributed by atoms with Crippen LogP contribution in [0.25, 0.3) is 0 Å². The SMILES string of the molecule is COC(=O)C(=N)c1c(O)cccc1F. The average Bonchev–Trinajstić information content (AvgIpc) is 2.16. The largest absolute Gasteiger partial charge is 0.507 e. The molecule has 0 unspecified atom stereocenters. The molecule has 0 saturated heterocycles. The summed E-state index contributed by atoms with van der Waals surface area (Å²) in [5, 5.41) is 16.5. The molecule has 4 nitrogen and oxygen atoms in total. The molecule has 0 amide bonds. The monoisotopic (exact) mass is 197 g/mol. The number of rotatable bonds is 2. The van der Waals surface area contributed by atoms with Gasteiger partial charge in [0, 0.05) is 0 Å². The number of phenols is 1. The molecule has 0 heterocycles. The highest BCUT2D eigenvalue weighted by Gasteiger charge is 2.19. The van der Waals surface area contributed by atoms with E-state index in [1.54, 1.807) is 0 Å². The zero-order valence-electron chi connectivity index (χ0n) is 7.37. The Morgan fingerprint density at radius 1 is 1.57 bits per heavy atom. The van der Waals surface area contributed by atoms with Gasteiger partial charge in [-0.15, -0.1) is 0 Å². The van der Waals surface area contributed by atoms with Crippen molar-refractivity contribution in [3.8, 4) is 5.75 Å². The lowest BCUT2D eigenvalue weighted by Gasteiger charge is -2.05. The van der Waals surface area contributed by atoms with Crippen LogP contribution in [-0.2, 0) is 9.53 Å². The first kappa shape index (κ1) is 10.2. The zero-order chi connectivity index (χ0) is 10.7. The first-order valence-corrected chi connectivity index (χ1v) is 3.72. The van der Waals surface area contributed by atoms with Crippen LogP contribution in [0.5, 0.6) is 5.75 Å². The minimum Gasteiger partial charge on any atom is -0.507 e. The van der Waals surface area contributed by atoms with Gasteiger partial charge in [-0.2, -0.15) is 0 Å². The molecule has 1 aromatic carbocycles. The number of halogens is 1. The lowest BCUT2D eigenvalue weighted by Crippen LogP contribution is -2.17. The smallest absolute Gasteiger partial charge is 0.356 e. The standard InChI is InChI=1S/C9H8FNO3/c1-14-9(13)8(11)7-5(10)3-2-4-6(7)12/h2-4,11-12H,1H3. The van der Waals surface area contributed by atoms with E-state index >= 15 is 0 Å². The summed E-state index contributed by atoms with van der Waals surface area (Å²) in [6.07, 6.45) is 0. The normalized spacial score (nSPS) is 9.57. The molecule has 0 aromatic heterocycles. The molecule has 0 aliphatic carbocycles. The highest BCUT2D eigenvalue weighted by molar-refractivity contribution is 6.42. The molecule has 0 aliphatic heterocycles. The predicted molar refractivity (Wildman–Crippen MR) is 46.9 cm³/mol. The fourth-order valence-electron chi connectivity index (χ4n) is 0.964. The van der Waals surface area contributed by atoms with Crippen LogP contribution in [0.4, 0.5) is 4.39 Å². The highest BCUT2D eigenvalue weighted by atomic mass is 19.1. The van der Waals surface area contributed by atoms with E-state index in [0.717, 1.165) is 13.2 Å². The fourth-order valence-corrected chi connectivity index (χ4v) is 0.964. The molecule has 1 aromatic rings. The van der Waals surface area contributed by atoms with Gasteiger partial charge in [-0.05, 0) is 12.1 Å². The summed E-state index contributed by atoms with van der Waals surface area (Å²) >= 11 is 0. The van der Waals surface area contributed by atoms with E-state index in [1.165, 1.54) is 12.1 Å². The summed E-state index contributed by atoms with van der Waals surface area (Å²) < 4.78 is 17.3. The Bertz CT molecular complexity index is 369. The molecule has 14 heavy (non-hydrogen) atoms. The van der Waals surface area contributed by atoms with E-state index in [-0.39, 0.29) is 0 Å². The molecule has 2 N–H and O–H groups in total. The number of methoxy groups -OCH3 is 1. The minimum absolute atomic E-state index is 0.445. The Morgan fingerprint density at radius 2 is 2.21 bits per heavy atom. The number of esters is 1. The second kappa shape index (κ2) is 3.87. The number of aromatic hydroxyl groups is 1. The summed E-state index contributed by atoms with van der Waals surface area (Å²) in [7, 11) is 1.08. The summed E-state index contributed by atoms with van der Waals surface area (Å²) in [6.45, 7) is 0. The van der Waals surface area contributed by atoms with Crippen molar-refractivity contribution in [1.82, 2.24) is 0 Å². The summed E-state index contributed by atoms with van der Waals surface area (Å²) in [6, 6.07) is 3.52. The van der Waals surface area contributed by atoms with E-state index in [2.05, 4.69) is 4.74 Å². The first-order valence-electron chi connectivity index (χ1n) is 3.72. The maximum Gasteiger partial charge on any atom is 0.356 e. The van der Waals surface area contributed by atoms with E-state index in [9.17, 15) is 14.3 Å². The molecule has 0 saturated carbocycles. The van der Waals surface area contributed by atoms with Crippen molar-refractivity contribution < 1.29 is 19.0 Å². The molecular weight excluding hydrogens is 189 g/mol. The minimum atomic E-state index is -0.995. The molecule has 0 fully saturated rings. The van der Waals surface area contributed by atoms with Crippen LogP contribution >= 0.6 is 0 Å². The van der Waals surface area contributed by atoms with Crippen LogP contribution in [0.15, 0.2) is 18.2 Å². The molecule has 0 aliphatic rings. The van der Waals surface area contributed by atoms with Crippen molar-refractivity contribution in [2.45, 2.75) is 0 Å². The van der Waals surface area contributed by atoms with Crippen LogP contribution in [0, 0.1) is 11.2 Å². The van der Waals surface area contributed by atoms with E-state index < -0.39 is 28.8 Å². The molecular formula is C9H8FNO3. The van der Waals surface area contributed by atoms with Gasteiger partial charge in [0.05, 0.1) is 12.7 Å². The highest BCUT2D eigenvalue weighted by Crippen LogP contribution is 2.20. The van der Waals surface area contributed by atoms with Gasteiger partial charge in [0.2, 0.25) is 0 Å². The Balaban J connectivity index is 3.19. The zero-order valence-corrected chi connectivity index (χ0v) is 7.37. The van der Waals surface area contributed by atoms with Gasteiger partial charge < -0.3 is 9.84 Å². The molecule has 1 rings (SSSR count). The van der Waals surface area contributed by atoms with Crippen LogP contribution in [-0.4, -0.2) is 23.9 Å². The molecule has 74 valence electrons. The molecule has 0 spiro atoms. The van der Waals surface area contributed by atoms with Gasteiger partial charge in [-0.1, -0.05) is 6.07 Å². The molecule has 5 heteroatoms. The number of phenolic OH excluding ortho intramolecular Hbond substituents is 1. The Labute approximate surface area is 79.4 Å². The Kier molecular flexibility index (Phi) is 2.81. The van der Waals surface area contributed by atoms with Gasteiger partial charge in [0.25, 0.3) is 0 Å². The van der Waals surface area contributed by atoms with Gasteiger partial charge in [0.15, 0.2) is 5.71 Å². The number of ether oxygens (including phenoxy) is 1. The van der Waals surface area contributed by atoms with Crippen molar-refractivity contribution in [2.24, 2.45) is 0 Å². The van der Waals surface area contributed by atoms with Crippen molar-refractivity contribution in [3.05, 3.63) is 29.6 Å². The van der Waals surface area contributed by atoms with Gasteiger partial charge in [0.1, 0.15) is 11.6 Å². The Morgan fingerprint density at radius 3 is 2.71 bits per heavy atom. The number of benzene rings is 1. The number of nitrogens with one attached hydrogen (secondary N) is 1. The number of hydrogen-bond donors (Lipinski definition) is 2. The third kappa shape index (κ3) is 1.71. The van der Waals surface area contributed by atoms with Crippen molar-refractivity contribution in [3.63, 3.8) is 0 Å². The average molecular weight is 197 g/mol. The van der Waals surface area contributed by atoms with Gasteiger partial charge in [-0.25, -0.2) is 9.18 Å². The van der Waals surface area contributed by atoms with Crippen molar-refractivity contribution >= 4 is 11.7 Å². The quantitative estimate of drug-likeness (QED) is 0.550. The third-order valence-electron chi connectivity index (χ3n) is 1.63. The van der Waals surface area contributed by atoms with Gasteiger partial charge >= 0.3 is 5.97 Å². The maximum atomic E-state index is 13.1. The summed E-state index contributed by atoms with van der Waals surface area (Å²) in [4.78, 5) is 10.9. The molecule has 0 radical (unpaired) electrons. The molecule has 0 atom stereocenters. The van der Waals surface area contributed by atoms with Crippen molar-refractivity contribution in [1.29, 1.82) is 5.41 Å². The van der Waals surface area contributed by atoms with Crippen LogP contribution in [0.2, 0.25) is 0 Å². The number of carbonyl (C=O) groups excluding carboxylic acids is 1. The summed E-state index contributed by atoms with van der Waals surface area (Å²) in [5.74, 6) is -2.29. The number of carbonyl (C=O) groups is 1. The summed E-state index contributed by atoms with van der Waals surface area (Å²) in [5.41, 5.74) is -1.15. The fraction of sp³-hybridized carbons (Fsp3) is 0.111. The lowest BCUT2D eigenvalue weighted by atomic mass is 10.1. The second-order valence-electron chi connectivity index (χ2n) is 2.50. The lowest BCUT2D eigenvalue weighted by molar-refractivity contribution is -0.132. The maximum absolute atomic E-state index is 13.1. The van der Waals surface area contributed by atoms with Crippen molar-refractivity contribution in [2.75, 3.05) is 7.11 Å². The third-order valence-corrected chi connectivity index (χ3v) is 1.63. The molecule has 0 bridgehead atoms. The second-order valence-corrected chi connectivity index (χ2v) is 2.50. The van der Waals surface area contributed by atoms with Crippen LogP contribution in [0.1, 0.15) is 5.56 Å². The topological polar surface area (TPSA) is 70.4 Å². The number of hydrogen-bond acceptors (Lipinski definition) is 4. The van der Waals surface area contributed by atoms with E-state index in [0.29, 0.717) is 0 Å². The van der Waals surface area contributed by atoms with Crippen LogP contribution < -0.4 is 0 Å². The van der Waals surface area contributed by atoms with Gasteiger partial charge in [-0.3, -0.25) is 5.41 Å². The van der Waals surface area contributed by atoms with Crippen LogP contribution in [0.3, 0.4) is 0 Å².